The minimum atomic E-state index is -0.416. The van der Waals surface area contributed by atoms with E-state index in [1.165, 1.54) is 13.2 Å². The average molecular weight is 388 g/mol. The van der Waals surface area contributed by atoms with Crippen molar-refractivity contribution in [2.45, 2.75) is 25.6 Å². The van der Waals surface area contributed by atoms with Crippen LogP contribution in [0.1, 0.15) is 12.5 Å². The van der Waals surface area contributed by atoms with Gasteiger partial charge < -0.3 is 19.5 Å². The molecule has 2 aromatic rings. The maximum absolute atomic E-state index is 13.8. The molecule has 0 radical (unpaired) electrons. The standard InChI is InChI=1S/C21H25FN2O4/c1-14(24(2)12-15-8-9-18(26-3)17(22)10-15)21(25)23-11-16-13-27-19-6-4-5-7-20(19)28-16/h4-10,14,16H,11-13H2,1-3H3,(H,23,25). The molecule has 1 aliphatic heterocycles. The summed E-state index contributed by atoms with van der Waals surface area (Å²) < 4.78 is 30.3. The molecule has 1 N–H and O–H groups in total. The van der Waals surface area contributed by atoms with E-state index in [1.54, 1.807) is 12.1 Å². The van der Waals surface area contributed by atoms with E-state index >= 15 is 0 Å². The van der Waals surface area contributed by atoms with Gasteiger partial charge in [-0.3, -0.25) is 9.69 Å². The molecule has 2 unspecified atom stereocenters. The van der Waals surface area contributed by atoms with Gasteiger partial charge in [0.1, 0.15) is 12.7 Å². The van der Waals surface area contributed by atoms with Gasteiger partial charge in [-0.2, -0.15) is 0 Å². The van der Waals surface area contributed by atoms with Crippen LogP contribution in [-0.4, -0.2) is 50.3 Å². The Morgan fingerprint density at radius 2 is 2.07 bits per heavy atom. The van der Waals surface area contributed by atoms with Gasteiger partial charge in [0.15, 0.2) is 23.1 Å². The summed E-state index contributed by atoms with van der Waals surface area (Å²) in [5.74, 6) is 1.05. The molecule has 2 atom stereocenters. The highest BCUT2D eigenvalue weighted by atomic mass is 19.1. The van der Waals surface area contributed by atoms with Crippen molar-refractivity contribution in [3.8, 4) is 17.2 Å². The lowest BCUT2D eigenvalue weighted by Gasteiger charge is -2.28. The molecule has 0 aromatic heterocycles. The number of benzene rings is 2. The normalized spacial score (nSPS) is 16.5. The minimum Gasteiger partial charge on any atom is -0.494 e. The monoisotopic (exact) mass is 388 g/mol. The van der Waals surface area contributed by atoms with Gasteiger partial charge in [-0.25, -0.2) is 4.39 Å². The quantitative estimate of drug-likeness (QED) is 0.790. The number of hydrogen-bond acceptors (Lipinski definition) is 5. The molecule has 0 spiro atoms. The Hall–Kier alpha value is -2.80. The van der Waals surface area contributed by atoms with Gasteiger partial charge in [-0.15, -0.1) is 0 Å². The minimum absolute atomic E-state index is 0.126. The molecule has 0 aliphatic carbocycles. The van der Waals surface area contributed by atoms with Crippen molar-refractivity contribution in [2.75, 3.05) is 27.3 Å². The van der Waals surface area contributed by atoms with E-state index in [0.29, 0.717) is 31.2 Å². The fourth-order valence-electron chi connectivity index (χ4n) is 2.96. The second-order valence-corrected chi connectivity index (χ2v) is 6.80. The van der Waals surface area contributed by atoms with E-state index in [9.17, 15) is 9.18 Å². The lowest BCUT2D eigenvalue weighted by atomic mass is 10.1. The zero-order chi connectivity index (χ0) is 20.1. The zero-order valence-corrected chi connectivity index (χ0v) is 16.3. The summed E-state index contributed by atoms with van der Waals surface area (Å²) in [6.07, 6.45) is -0.243. The topological polar surface area (TPSA) is 60.0 Å². The van der Waals surface area contributed by atoms with Crippen LogP contribution in [0.4, 0.5) is 4.39 Å². The highest BCUT2D eigenvalue weighted by Gasteiger charge is 2.23. The van der Waals surface area contributed by atoms with E-state index in [1.807, 2.05) is 43.1 Å². The number of methoxy groups -OCH3 is 1. The molecule has 6 nitrogen and oxygen atoms in total. The van der Waals surface area contributed by atoms with E-state index < -0.39 is 5.82 Å². The van der Waals surface area contributed by atoms with E-state index in [4.69, 9.17) is 14.2 Å². The number of rotatable bonds is 7. The molecule has 0 fully saturated rings. The fraction of sp³-hybridized carbons (Fsp3) is 0.381. The second kappa shape index (κ2) is 8.93. The number of halogens is 1. The van der Waals surface area contributed by atoms with Crippen molar-refractivity contribution in [3.63, 3.8) is 0 Å². The Balaban J connectivity index is 1.49. The number of nitrogens with zero attached hydrogens (tertiary/aromatic N) is 1. The lowest BCUT2D eigenvalue weighted by molar-refractivity contribution is -0.126. The molecule has 1 heterocycles. The van der Waals surface area contributed by atoms with E-state index in [0.717, 1.165) is 5.56 Å². The van der Waals surface area contributed by atoms with Crippen LogP contribution in [0.2, 0.25) is 0 Å². The van der Waals surface area contributed by atoms with E-state index in [2.05, 4.69) is 5.32 Å². The molecular weight excluding hydrogens is 363 g/mol. The fourth-order valence-corrected chi connectivity index (χ4v) is 2.96. The first kappa shape index (κ1) is 19.9. The van der Waals surface area contributed by atoms with Crippen LogP contribution < -0.4 is 19.5 Å². The highest BCUT2D eigenvalue weighted by Crippen LogP contribution is 2.30. The van der Waals surface area contributed by atoms with Crippen molar-refractivity contribution < 1.29 is 23.4 Å². The predicted octanol–water partition coefficient (Wildman–Crippen LogP) is 2.61. The van der Waals surface area contributed by atoms with Gasteiger partial charge in [0, 0.05) is 6.54 Å². The number of carbonyl (C=O) groups is 1. The van der Waals surface area contributed by atoms with Gasteiger partial charge in [0.2, 0.25) is 5.91 Å². The number of hydrogen-bond donors (Lipinski definition) is 1. The average Bonchev–Trinajstić information content (AvgIpc) is 2.71. The van der Waals surface area contributed by atoms with Gasteiger partial charge in [0.25, 0.3) is 0 Å². The van der Waals surface area contributed by atoms with Crippen LogP contribution in [0.5, 0.6) is 17.2 Å². The summed E-state index contributed by atoms with van der Waals surface area (Å²) in [7, 11) is 3.25. The number of para-hydroxylation sites is 2. The Bertz CT molecular complexity index is 830. The zero-order valence-electron chi connectivity index (χ0n) is 16.3. The molecule has 7 heteroatoms. The molecule has 0 saturated heterocycles. The van der Waals surface area contributed by atoms with Crippen LogP contribution in [0.3, 0.4) is 0 Å². The molecule has 0 saturated carbocycles. The molecule has 150 valence electrons. The summed E-state index contributed by atoms with van der Waals surface area (Å²) in [5.41, 5.74) is 0.765. The van der Waals surface area contributed by atoms with Crippen LogP contribution in [-0.2, 0) is 11.3 Å². The molecule has 1 aliphatic rings. The maximum Gasteiger partial charge on any atom is 0.237 e. The SMILES string of the molecule is COc1ccc(CN(C)C(C)C(=O)NCC2COc3ccccc3O2)cc1F. The molecule has 3 rings (SSSR count). The van der Waals surface area contributed by atoms with Crippen LogP contribution in [0.15, 0.2) is 42.5 Å². The summed E-state index contributed by atoms with van der Waals surface area (Å²) in [5, 5.41) is 2.90. The van der Waals surface area contributed by atoms with Crippen LogP contribution >= 0.6 is 0 Å². The largest absolute Gasteiger partial charge is 0.494 e. The van der Waals surface area contributed by atoms with Crippen LogP contribution in [0.25, 0.3) is 0 Å². The van der Waals surface area contributed by atoms with Gasteiger partial charge in [-0.1, -0.05) is 18.2 Å². The predicted molar refractivity (Wildman–Crippen MR) is 103 cm³/mol. The summed E-state index contributed by atoms with van der Waals surface area (Å²) in [4.78, 5) is 14.3. The second-order valence-electron chi connectivity index (χ2n) is 6.80. The molecule has 2 aromatic carbocycles. The van der Waals surface area contributed by atoms with Crippen molar-refractivity contribution >= 4 is 5.91 Å². The van der Waals surface area contributed by atoms with Crippen LogP contribution in [0, 0.1) is 5.82 Å². The van der Waals surface area contributed by atoms with Gasteiger partial charge in [0.05, 0.1) is 19.7 Å². The number of ether oxygens (including phenoxy) is 3. The Morgan fingerprint density at radius 1 is 1.32 bits per heavy atom. The third-order valence-corrected chi connectivity index (χ3v) is 4.76. The Morgan fingerprint density at radius 3 is 2.79 bits per heavy atom. The van der Waals surface area contributed by atoms with Gasteiger partial charge in [-0.05, 0) is 43.8 Å². The highest BCUT2D eigenvalue weighted by molar-refractivity contribution is 5.81. The smallest absolute Gasteiger partial charge is 0.237 e. The first-order valence-electron chi connectivity index (χ1n) is 9.16. The number of likely N-dealkylation sites (N-methyl/N-ethyl adjacent to an activating group) is 1. The number of carbonyl (C=O) groups excluding carboxylic acids is 1. The molecular formula is C21H25FN2O4. The summed E-state index contributed by atoms with van der Waals surface area (Å²) >= 11 is 0. The number of nitrogens with one attached hydrogen (secondary N) is 1. The van der Waals surface area contributed by atoms with Crippen molar-refractivity contribution in [1.82, 2.24) is 10.2 Å². The van der Waals surface area contributed by atoms with Gasteiger partial charge >= 0.3 is 0 Å². The Labute approximate surface area is 164 Å². The van der Waals surface area contributed by atoms with Crippen molar-refractivity contribution in [2.24, 2.45) is 0 Å². The molecule has 28 heavy (non-hydrogen) atoms. The number of fused-ring (bicyclic) bond motifs is 1. The first-order chi connectivity index (χ1) is 13.5. The lowest BCUT2D eigenvalue weighted by Crippen LogP contribution is -2.47. The molecule has 1 amide bonds. The third kappa shape index (κ3) is 4.72. The Kier molecular flexibility index (Phi) is 6.36. The first-order valence-corrected chi connectivity index (χ1v) is 9.16. The summed E-state index contributed by atoms with van der Waals surface area (Å²) in [6.45, 7) is 2.98. The van der Waals surface area contributed by atoms with Crippen molar-refractivity contribution in [3.05, 3.63) is 53.8 Å². The summed E-state index contributed by atoms with van der Waals surface area (Å²) in [6, 6.07) is 11.9. The number of amides is 1. The van der Waals surface area contributed by atoms with E-state index in [-0.39, 0.29) is 23.8 Å². The third-order valence-electron chi connectivity index (χ3n) is 4.76. The molecule has 0 bridgehead atoms. The van der Waals surface area contributed by atoms with Crippen molar-refractivity contribution in [1.29, 1.82) is 0 Å². The maximum atomic E-state index is 13.8.